The predicted octanol–water partition coefficient (Wildman–Crippen LogP) is 5.31. The Morgan fingerprint density at radius 3 is 2.12 bits per heavy atom. The van der Waals surface area contributed by atoms with Crippen LogP contribution in [0.15, 0.2) is 54.7 Å². The van der Waals surface area contributed by atoms with Gasteiger partial charge in [-0.2, -0.15) is 0 Å². The van der Waals surface area contributed by atoms with Crippen molar-refractivity contribution in [3.05, 3.63) is 76.0 Å². The van der Waals surface area contributed by atoms with Crippen LogP contribution in [-0.4, -0.2) is 72.6 Å². The first-order chi connectivity index (χ1) is 24.3. The number of hydrogen-bond acceptors (Lipinski definition) is 9. The Labute approximate surface area is 301 Å². The van der Waals surface area contributed by atoms with Gasteiger partial charge in [0.2, 0.25) is 17.7 Å². The summed E-state index contributed by atoms with van der Waals surface area (Å²) in [6.07, 6.45) is 5.48. The molecule has 50 heavy (non-hydrogen) atoms. The molecule has 0 bridgehead atoms. The van der Waals surface area contributed by atoms with Crippen LogP contribution in [0.25, 0.3) is 33.6 Å². The zero-order valence-corrected chi connectivity index (χ0v) is 29.6. The minimum atomic E-state index is 0.0875. The van der Waals surface area contributed by atoms with Crippen molar-refractivity contribution in [1.82, 2.24) is 36.2 Å². The minimum Gasteiger partial charge on any atom is -0.480 e. The second-order valence-electron chi connectivity index (χ2n) is 13.1. The van der Waals surface area contributed by atoms with E-state index in [2.05, 4.69) is 44.3 Å². The highest BCUT2D eigenvalue weighted by molar-refractivity contribution is 6.39. The van der Waals surface area contributed by atoms with E-state index >= 15 is 0 Å². The van der Waals surface area contributed by atoms with Crippen LogP contribution in [0.2, 0.25) is 10.0 Å². The quantitative estimate of drug-likeness (QED) is 0.163. The number of hydrogen-bond donors (Lipinski definition) is 4. The summed E-state index contributed by atoms with van der Waals surface area (Å²) in [6.45, 7) is 2.68. The van der Waals surface area contributed by atoms with E-state index < -0.39 is 0 Å². The molecule has 260 valence electrons. The Bertz CT molecular complexity index is 1920. The molecule has 2 fully saturated rings. The first-order valence-corrected chi connectivity index (χ1v) is 17.8. The maximum atomic E-state index is 11.7. The molecule has 11 nitrogen and oxygen atoms in total. The van der Waals surface area contributed by atoms with Gasteiger partial charge < -0.3 is 30.9 Å². The summed E-state index contributed by atoms with van der Waals surface area (Å²) in [5, 5.41) is 14.1. The Hall–Kier alpha value is -4.29. The van der Waals surface area contributed by atoms with E-state index in [0.29, 0.717) is 58.8 Å². The standard InChI is InChI=1S/C37H40Cl2N8O3/c1-47-16-15-28(41-18-22-10-14-33(49)44-22)27-11-12-29(45-36(27)47)25-7-3-5-23(34(25)38)24-6-4-8-26(35(24)39)30-20-42-31(37(46-30)50-2)19-40-17-21-9-13-32(48)43-21/h3-8,11-12,20-22,28,40-41H,9-10,13-19H2,1-2H3,(H,43,48)(H,44,49)/t21-,22-,28-/m0/s1. The molecule has 0 aliphatic carbocycles. The molecule has 2 aromatic heterocycles. The van der Waals surface area contributed by atoms with E-state index in [1.54, 1.807) is 13.3 Å². The summed E-state index contributed by atoms with van der Waals surface area (Å²) < 4.78 is 5.60. The van der Waals surface area contributed by atoms with Gasteiger partial charge in [0.05, 0.1) is 34.7 Å². The van der Waals surface area contributed by atoms with E-state index in [4.69, 9.17) is 37.9 Å². The highest BCUT2D eigenvalue weighted by Crippen LogP contribution is 2.43. The zero-order chi connectivity index (χ0) is 34.8. The lowest BCUT2D eigenvalue weighted by Gasteiger charge is -2.33. The number of amides is 2. The van der Waals surface area contributed by atoms with Crippen molar-refractivity contribution in [3.63, 3.8) is 0 Å². The predicted molar refractivity (Wildman–Crippen MR) is 195 cm³/mol. The van der Waals surface area contributed by atoms with Crippen LogP contribution >= 0.6 is 23.2 Å². The number of nitrogens with one attached hydrogen (secondary N) is 4. The van der Waals surface area contributed by atoms with E-state index in [9.17, 15) is 9.59 Å². The van der Waals surface area contributed by atoms with Crippen molar-refractivity contribution < 1.29 is 14.3 Å². The lowest BCUT2D eigenvalue weighted by atomic mass is 9.96. The van der Waals surface area contributed by atoms with Crippen molar-refractivity contribution in [1.29, 1.82) is 0 Å². The summed E-state index contributed by atoms with van der Waals surface area (Å²) in [5.74, 6) is 1.53. The monoisotopic (exact) mass is 714 g/mol. The number of benzene rings is 2. The van der Waals surface area contributed by atoms with Gasteiger partial charge in [0.15, 0.2) is 0 Å². The topological polar surface area (TPSA) is 133 Å². The second-order valence-corrected chi connectivity index (χ2v) is 13.8. The van der Waals surface area contributed by atoms with Crippen LogP contribution in [0.3, 0.4) is 0 Å². The summed E-state index contributed by atoms with van der Waals surface area (Å²) in [7, 11) is 3.63. The maximum absolute atomic E-state index is 11.7. The van der Waals surface area contributed by atoms with Gasteiger partial charge in [-0.05, 0) is 25.3 Å². The fourth-order valence-corrected chi connectivity index (χ4v) is 7.63. The number of pyridine rings is 1. The second kappa shape index (κ2) is 14.9. The Morgan fingerprint density at radius 2 is 1.48 bits per heavy atom. The minimum absolute atomic E-state index is 0.0875. The number of carbonyl (C=O) groups is 2. The van der Waals surface area contributed by atoms with Crippen LogP contribution in [-0.2, 0) is 16.1 Å². The normalized spacial score (nSPS) is 20.1. The molecule has 3 atom stereocenters. The van der Waals surface area contributed by atoms with E-state index in [-0.39, 0.29) is 29.9 Å². The molecule has 5 heterocycles. The average molecular weight is 716 g/mol. The highest BCUT2D eigenvalue weighted by atomic mass is 35.5. The molecule has 4 N–H and O–H groups in total. The molecular weight excluding hydrogens is 675 g/mol. The Kier molecular flexibility index (Phi) is 10.2. The maximum Gasteiger partial charge on any atom is 0.237 e. The molecule has 7 rings (SSSR count). The van der Waals surface area contributed by atoms with Crippen molar-refractivity contribution >= 4 is 40.8 Å². The number of aromatic nitrogens is 3. The van der Waals surface area contributed by atoms with Crippen molar-refractivity contribution in [2.24, 2.45) is 0 Å². The van der Waals surface area contributed by atoms with E-state index in [1.807, 2.05) is 42.5 Å². The third kappa shape index (κ3) is 7.14. The van der Waals surface area contributed by atoms with Gasteiger partial charge in [-0.3, -0.25) is 14.6 Å². The SMILES string of the molecule is COc1nc(-c2cccc(-c3cccc(-c4ccc5c(n4)N(C)CC[C@@H]5NC[C@@H]4CCC(=O)N4)c3Cl)c2Cl)cnc1CNC[C@@H]1CCC(=O)N1. The van der Waals surface area contributed by atoms with Crippen molar-refractivity contribution in [2.45, 2.75) is 56.8 Å². The first kappa shape index (κ1) is 34.2. The van der Waals surface area contributed by atoms with Gasteiger partial charge >= 0.3 is 0 Å². The summed E-state index contributed by atoms with van der Waals surface area (Å²) >= 11 is 14.3. The number of halogens is 2. The molecule has 0 radical (unpaired) electrons. The molecule has 2 amide bonds. The van der Waals surface area contributed by atoms with Gasteiger partial charge in [0.1, 0.15) is 11.5 Å². The summed E-state index contributed by atoms with van der Waals surface area (Å²) in [6, 6.07) is 16.3. The number of fused-ring (bicyclic) bond motifs is 1. The van der Waals surface area contributed by atoms with Crippen LogP contribution in [0.5, 0.6) is 5.88 Å². The van der Waals surface area contributed by atoms with E-state index in [0.717, 1.165) is 66.1 Å². The van der Waals surface area contributed by atoms with Gasteiger partial charge in [-0.1, -0.05) is 65.7 Å². The van der Waals surface area contributed by atoms with Crippen LogP contribution in [0.1, 0.15) is 49.4 Å². The number of ether oxygens (including phenoxy) is 1. The van der Waals surface area contributed by atoms with Crippen molar-refractivity contribution in [3.8, 4) is 39.5 Å². The lowest BCUT2D eigenvalue weighted by molar-refractivity contribution is -0.120. The molecule has 0 unspecified atom stereocenters. The van der Waals surface area contributed by atoms with Crippen LogP contribution in [0.4, 0.5) is 5.82 Å². The van der Waals surface area contributed by atoms with Gasteiger partial charge in [-0.15, -0.1) is 0 Å². The molecule has 3 aliphatic rings. The molecule has 2 saturated heterocycles. The average Bonchev–Trinajstić information content (AvgIpc) is 3.75. The largest absolute Gasteiger partial charge is 0.480 e. The third-order valence-corrected chi connectivity index (χ3v) is 10.5. The fraction of sp³-hybridized carbons (Fsp3) is 0.378. The van der Waals surface area contributed by atoms with Gasteiger partial charge in [0, 0.05) is 92.0 Å². The van der Waals surface area contributed by atoms with Crippen LogP contribution < -0.4 is 30.9 Å². The molecule has 4 aromatic rings. The zero-order valence-electron chi connectivity index (χ0n) is 28.1. The molecule has 0 spiro atoms. The molecule has 0 saturated carbocycles. The summed E-state index contributed by atoms with van der Waals surface area (Å²) in [4.78, 5) is 39.9. The molecule has 2 aromatic carbocycles. The molecule has 13 heteroatoms. The molecule has 3 aliphatic heterocycles. The number of nitrogens with zero attached hydrogens (tertiary/aromatic N) is 4. The number of carbonyl (C=O) groups excluding carboxylic acids is 2. The number of rotatable bonds is 11. The Balaban J connectivity index is 1.12. The highest BCUT2D eigenvalue weighted by Gasteiger charge is 2.28. The van der Waals surface area contributed by atoms with Crippen LogP contribution in [0, 0.1) is 0 Å². The first-order valence-electron chi connectivity index (χ1n) is 17.0. The number of anilines is 1. The van der Waals surface area contributed by atoms with Gasteiger partial charge in [0.25, 0.3) is 0 Å². The third-order valence-electron chi connectivity index (χ3n) is 9.70. The Morgan fingerprint density at radius 1 is 0.840 bits per heavy atom. The summed E-state index contributed by atoms with van der Waals surface area (Å²) in [5.41, 5.74) is 6.20. The number of methoxy groups -OCH3 is 1. The van der Waals surface area contributed by atoms with E-state index in [1.165, 1.54) is 0 Å². The van der Waals surface area contributed by atoms with Crippen molar-refractivity contribution in [2.75, 3.05) is 38.7 Å². The lowest BCUT2D eigenvalue weighted by Crippen LogP contribution is -2.40. The molecular formula is C37H40Cl2N8O3. The van der Waals surface area contributed by atoms with Gasteiger partial charge in [-0.25, -0.2) is 9.97 Å². The fourth-order valence-electron chi connectivity index (χ4n) is 6.98. The smallest absolute Gasteiger partial charge is 0.237 e.